The molecular formula is C27H29N3O3. The first-order chi connectivity index (χ1) is 15.8. The zero-order valence-electron chi connectivity index (χ0n) is 19.4. The molecule has 2 atom stereocenters. The Bertz CT molecular complexity index is 1170. The van der Waals surface area contributed by atoms with Crippen LogP contribution < -0.4 is 10.2 Å². The second kappa shape index (κ2) is 8.79. The normalized spacial score (nSPS) is 20.0. The van der Waals surface area contributed by atoms with Gasteiger partial charge in [-0.2, -0.15) is 0 Å². The van der Waals surface area contributed by atoms with E-state index in [-0.39, 0.29) is 24.5 Å². The van der Waals surface area contributed by atoms with Crippen molar-refractivity contribution in [3.05, 3.63) is 94.7 Å². The summed E-state index contributed by atoms with van der Waals surface area (Å²) in [6, 6.07) is 17.7. The standard InChI is InChI=1S/C27H29N3O3/c1-17(2)29-26(33)27(4)22-8-6-5-7-21(22)25(32)30(23-14-9-18(3)15-28-23)24(27)20-12-10-19(16-31)11-13-20/h5-15,17,24,31H,16H2,1-4H3,(H,29,33)/t24-,27-/m0/s1. The van der Waals surface area contributed by atoms with Gasteiger partial charge in [0.25, 0.3) is 5.91 Å². The molecule has 6 heteroatoms. The zero-order chi connectivity index (χ0) is 23.8. The van der Waals surface area contributed by atoms with Crippen LogP contribution in [0.3, 0.4) is 0 Å². The summed E-state index contributed by atoms with van der Waals surface area (Å²) < 4.78 is 0. The molecule has 0 bridgehead atoms. The molecule has 2 amide bonds. The van der Waals surface area contributed by atoms with Gasteiger partial charge in [-0.1, -0.05) is 48.5 Å². The van der Waals surface area contributed by atoms with E-state index in [0.717, 1.165) is 16.7 Å². The van der Waals surface area contributed by atoms with Crippen LogP contribution >= 0.6 is 0 Å². The number of nitrogens with zero attached hydrogens (tertiary/aromatic N) is 2. The number of hydrogen-bond donors (Lipinski definition) is 2. The van der Waals surface area contributed by atoms with Gasteiger partial charge < -0.3 is 10.4 Å². The highest BCUT2D eigenvalue weighted by Gasteiger charge is 2.54. The number of benzene rings is 2. The molecule has 4 rings (SSSR count). The van der Waals surface area contributed by atoms with Gasteiger partial charge in [0, 0.05) is 17.8 Å². The van der Waals surface area contributed by atoms with Crippen molar-refractivity contribution in [3.63, 3.8) is 0 Å². The number of carbonyl (C=O) groups is 2. The van der Waals surface area contributed by atoms with Gasteiger partial charge >= 0.3 is 0 Å². The van der Waals surface area contributed by atoms with Gasteiger partial charge in [0.2, 0.25) is 5.91 Å². The van der Waals surface area contributed by atoms with Crippen LogP contribution in [0.15, 0.2) is 66.9 Å². The second-order valence-electron chi connectivity index (χ2n) is 9.05. The predicted octanol–water partition coefficient (Wildman–Crippen LogP) is 4.07. The number of aryl methyl sites for hydroxylation is 1. The van der Waals surface area contributed by atoms with Crippen molar-refractivity contribution in [1.82, 2.24) is 10.3 Å². The van der Waals surface area contributed by atoms with Crippen molar-refractivity contribution in [2.45, 2.75) is 51.8 Å². The number of carbonyl (C=O) groups excluding carboxylic acids is 2. The fourth-order valence-electron chi connectivity index (χ4n) is 4.56. The summed E-state index contributed by atoms with van der Waals surface area (Å²) in [5.74, 6) is 0.124. The minimum atomic E-state index is -1.08. The number of anilines is 1. The summed E-state index contributed by atoms with van der Waals surface area (Å²) in [6.45, 7) is 7.59. The molecule has 2 heterocycles. The minimum absolute atomic E-state index is 0.0671. The molecule has 33 heavy (non-hydrogen) atoms. The molecule has 2 N–H and O–H groups in total. The van der Waals surface area contributed by atoms with E-state index >= 15 is 0 Å². The fourth-order valence-corrected chi connectivity index (χ4v) is 4.56. The van der Waals surface area contributed by atoms with Crippen LogP contribution in [-0.2, 0) is 16.8 Å². The summed E-state index contributed by atoms with van der Waals surface area (Å²) in [6.07, 6.45) is 1.72. The predicted molar refractivity (Wildman–Crippen MR) is 128 cm³/mol. The maximum Gasteiger partial charge on any atom is 0.260 e. The molecule has 170 valence electrons. The molecule has 1 aliphatic rings. The molecule has 0 saturated carbocycles. The molecule has 1 aliphatic heterocycles. The van der Waals surface area contributed by atoms with E-state index in [4.69, 9.17) is 0 Å². The first-order valence-corrected chi connectivity index (χ1v) is 11.1. The Labute approximate surface area is 194 Å². The first kappa shape index (κ1) is 22.7. The summed E-state index contributed by atoms with van der Waals surface area (Å²) in [7, 11) is 0. The van der Waals surface area contributed by atoms with E-state index < -0.39 is 11.5 Å². The van der Waals surface area contributed by atoms with E-state index in [1.165, 1.54) is 0 Å². The lowest BCUT2D eigenvalue weighted by Gasteiger charge is -2.47. The lowest BCUT2D eigenvalue weighted by atomic mass is 9.67. The van der Waals surface area contributed by atoms with Gasteiger partial charge in [0.15, 0.2) is 0 Å². The highest BCUT2D eigenvalue weighted by Crippen LogP contribution is 2.48. The smallest absolute Gasteiger partial charge is 0.260 e. The molecule has 6 nitrogen and oxygen atoms in total. The number of pyridine rings is 1. The SMILES string of the molecule is Cc1ccc(N2C(=O)c3ccccc3[C@](C)(C(=O)NC(C)C)[C@@H]2c2ccc(CO)cc2)nc1. The molecule has 0 radical (unpaired) electrons. The molecular weight excluding hydrogens is 414 g/mol. The summed E-state index contributed by atoms with van der Waals surface area (Å²) in [5, 5.41) is 12.6. The van der Waals surface area contributed by atoms with Gasteiger partial charge in [-0.05, 0) is 62.1 Å². The first-order valence-electron chi connectivity index (χ1n) is 11.1. The Morgan fingerprint density at radius 1 is 1.12 bits per heavy atom. The average molecular weight is 444 g/mol. The summed E-state index contributed by atoms with van der Waals surface area (Å²) >= 11 is 0. The van der Waals surface area contributed by atoms with Gasteiger partial charge in [-0.15, -0.1) is 0 Å². The molecule has 0 unspecified atom stereocenters. The maximum atomic E-state index is 13.9. The number of aliphatic hydroxyl groups is 1. The molecule has 3 aromatic rings. The van der Waals surface area contributed by atoms with Gasteiger partial charge in [-0.25, -0.2) is 4.98 Å². The van der Waals surface area contributed by atoms with E-state index in [1.807, 2.05) is 82.3 Å². The maximum absolute atomic E-state index is 13.9. The van der Waals surface area contributed by atoms with Crippen molar-refractivity contribution in [2.24, 2.45) is 0 Å². The largest absolute Gasteiger partial charge is 0.392 e. The average Bonchev–Trinajstić information content (AvgIpc) is 2.81. The summed E-state index contributed by atoms with van der Waals surface area (Å²) in [5.41, 5.74) is 2.63. The van der Waals surface area contributed by atoms with Crippen molar-refractivity contribution in [2.75, 3.05) is 4.90 Å². The molecule has 1 aromatic heterocycles. The lowest BCUT2D eigenvalue weighted by Crippen LogP contribution is -2.58. The molecule has 2 aromatic carbocycles. The quantitative estimate of drug-likeness (QED) is 0.623. The van der Waals surface area contributed by atoms with E-state index in [9.17, 15) is 14.7 Å². The molecule has 0 aliphatic carbocycles. The lowest BCUT2D eigenvalue weighted by molar-refractivity contribution is -0.127. The van der Waals surface area contributed by atoms with Crippen LogP contribution in [0.2, 0.25) is 0 Å². The number of fused-ring (bicyclic) bond motifs is 1. The Kier molecular flexibility index (Phi) is 6.04. The van der Waals surface area contributed by atoms with E-state index in [0.29, 0.717) is 16.9 Å². The van der Waals surface area contributed by atoms with Crippen LogP contribution in [0.4, 0.5) is 5.82 Å². The molecule has 0 fully saturated rings. The third-order valence-corrected chi connectivity index (χ3v) is 6.25. The zero-order valence-corrected chi connectivity index (χ0v) is 19.4. The van der Waals surface area contributed by atoms with Gasteiger partial charge in [0.05, 0.1) is 18.1 Å². The highest BCUT2D eigenvalue weighted by atomic mass is 16.3. The van der Waals surface area contributed by atoms with Crippen molar-refractivity contribution in [3.8, 4) is 0 Å². The van der Waals surface area contributed by atoms with Crippen LogP contribution in [-0.4, -0.2) is 27.9 Å². The molecule has 0 spiro atoms. The second-order valence-corrected chi connectivity index (χ2v) is 9.05. The van der Waals surface area contributed by atoms with Crippen LogP contribution in [0.25, 0.3) is 0 Å². The minimum Gasteiger partial charge on any atom is -0.392 e. The Hall–Kier alpha value is -3.51. The van der Waals surface area contributed by atoms with E-state index in [2.05, 4.69) is 10.3 Å². The van der Waals surface area contributed by atoms with Crippen LogP contribution in [0.1, 0.15) is 59.4 Å². The van der Waals surface area contributed by atoms with Crippen molar-refractivity contribution in [1.29, 1.82) is 0 Å². The van der Waals surface area contributed by atoms with Crippen LogP contribution in [0.5, 0.6) is 0 Å². The fraction of sp³-hybridized carbons (Fsp3) is 0.296. The third-order valence-electron chi connectivity index (χ3n) is 6.25. The number of nitrogens with one attached hydrogen (secondary N) is 1. The number of aliphatic hydroxyl groups excluding tert-OH is 1. The number of rotatable bonds is 5. The van der Waals surface area contributed by atoms with E-state index in [1.54, 1.807) is 17.2 Å². The number of hydrogen-bond acceptors (Lipinski definition) is 4. The number of amides is 2. The topological polar surface area (TPSA) is 82.5 Å². The Morgan fingerprint density at radius 3 is 2.42 bits per heavy atom. The van der Waals surface area contributed by atoms with Crippen molar-refractivity contribution >= 4 is 17.6 Å². The highest BCUT2D eigenvalue weighted by molar-refractivity contribution is 6.12. The Balaban J connectivity index is 2.01. The Morgan fingerprint density at radius 2 is 1.82 bits per heavy atom. The summed E-state index contributed by atoms with van der Waals surface area (Å²) in [4.78, 5) is 33.9. The third kappa shape index (κ3) is 3.91. The van der Waals surface area contributed by atoms with Crippen LogP contribution in [0, 0.1) is 6.92 Å². The monoisotopic (exact) mass is 443 g/mol. The van der Waals surface area contributed by atoms with Gasteiger partial charge in [-0.3, -0.25) is 14.5 Å². The molecule has 0 saturated heterocycles. The number of aromatic nitrogens is 1. The van der Waals surface area contributed by atoms with Gasteiger partial charge in [0.1, 0.15) is 5.82 Å². The van der Waals surface area contributed by atoms with Crippen molar-refractivity contribution < 1.29 is 14.7 Å².